The van der Waals surface area contributed by atoms with Crippen molar-refractivity contribution in [3.63, 3.8) is 0 Å². The largest absolute Gasteiger partial charge is 0.497 e. The van der Waals surface area contributed by atoms with E-state index in [1.807, 2.05) is 24.3 Å². The second kappa shape index (κ2) is 5.72. The minimum Gasteiger partial charge on any atom is -0.497 e. The molecule has 1 aliphatic rings. The molecule has 1 aromatic rings. The van der Waals surface area contributed by atoms with Crippen molar-refractivity contribution in [2.75, 3.05) is 7.11 Å². The van der Waals surface area contributed by atoms with Crippen LogP contribution in [0.25, 0.3) is 0 Å². The van der Waals surface area contributed by atoms with Gasteiger partial charge in [-0.1, -0.05) is 31.4 Å². The number of benzene rings is 1. The first-order chi connectivity index (χ1) is 8.63. The van der Waals surface area contributed by atoms with Crippen LogP contribution in [0.4, 0.5) is 0 Å². The molecule has 1 saturated carbocycles. The van der Waals surface area contributed by atoms with Crippen LogP contribution in [0.3, 0.4) is 0 Å². The van der Waals surface area contributed by atoms with Crippen LogP contribution in [0.2, 0.25) is 0 Å². The van der Waals surface area contributed by atoms with Crippen molar-refractivity contribution in [2.24, 2.45) is 5.73 Å². The van der Waals surface area contributed by atoms with Crippen LogP contribution < -0.4 is 10.5 Å². The van der Waals surface area contributed by atoms with Gasteiger partial charge in [0.2, 0.25) is 0 Å². The first-order valence-electron chi connectivity index (χ1n) is 6.75. The first kappa shape index (κ1) is 13.4. The van der Waals surface area contributed by atoms with Crippen LogP contribution in [-0.4, -0.2) is 17.8 Å². The molecule has 0 bridgehead atoms. The van der Waals surface area contributed by atoms with E-state index in [0.717, 1.165) is 37.0 Å². The molecule has 0 heterocycles. The lowest BCUT2D eigenvalue weighted by Crippen LogP contribution is -2.35. The first-order valence-corrected chi connectivity index (χ1v) is 6.75. The Morgan fingerprint density at radius 3 is 2.39 bits per heavy atom. The van der Waals surface area contributed by atoms with Crippen LogP contribution >= 0.6 is 0 Å². The summed E-state index contributed by atoms with van der Waals surface area (Å²) in [5.41, 5.74) is 6.71. The Balaban J connectivity index is 1.99. The molecule has 1 atom stereocenters. The lowest BCUT2D eigenvalue weighted by molar-refractivity contribution is -0.00944. The molecule has 1 aliphatic carbocycles. The molecule has 1 fully saturated rings. The van der Waals surface area contributed by atoms with E-state index < -0.39 is 5.60 Å². The zero-order valence-corrected chi connectivity index (χ0v) is 11.1. The summed E-state index contributed by atoms with van der Waals surface area (Å²) < 4.78 is 5.13. The summed E-state index contributed by atoms with van der Waals surface area (Å²) in [7, 11) is 1.65. The standard InChI is InChI=1S/C15H23NO2/c1-18-13-7-5-12(6-8-13)14(16)11-15(17)9-3-2-4-10-15/h5-8,14,17H,2-4,9-11,16H2,1H3/t14-/m0/s1. The maximum Gasteiger partial charge on any atom is 0.118 e. The molecule has 0 aliphatic heterocycles. The summed E-state index contributed by atoms with van der Waals surface area (Å²) >= 11 is 0. The molecule has 0 aromatic heterocycles. The van der Waals surface area contributed by atoms with Crippen molar-refractivity contribution in [3.05, 3.63) is 29.8 Å². The topological polar surface area (TPSA) is 55.5 Å². The van der Waals surface area contributed by atoms with E-state index in [2.05, 4.69) is 0 Å². The smallest absolute Gasteiger partial charge is 0.118 e. The van der Waals surface area contributed by atoms with Gasteiger partial charge in [-0.3, -0.25) is 0 Å². The van der Waals surface area contributed by atoms with Crippen molar-refractivity contribution in [1.82, 2.24) is 0 Å². The highest BCUT2D eigenvalue weighted by Crippen LogP contribution is 2.34. The summed E-state index contributed by atoms with van der Waals surface area (Å²) in [5, 5.41) is 10.5. The minimum atomic E-state index is -0.558. The van der Waals surface area contributed by atoms with E-state index in [1.165, 1.54) is 6.42 Å². The molecular weight excluding hydrogens is 226 g/mol. The Morgan fingerprint density at radius 2 is 1.83 bits per heavy atom. The van der Waals surface area contributed by atoms with Crippen molar-refractivity contribution < 1.29 is 9.84 Å². The highest BCUT2D eigenvalue weighted by atomic mass is 16.5. The van der Waals surface area contributed by atoms with Gasteiger partial charge in [0.25, 0.3) is 0 Å². The summed E-state index contributed by atoms with van der Waals surface area (Å²) in [4.78, 5) is 0. The number of hydrogen-bond acceptors (Lipinski definition) is 3. The van der Waals surface area contributed by atoms with Crippen LogP contribution in [0.15, 0.2) is 24.3 Å². The number of ether oxygens (including phenoxy) is 1. The van der Waals surface area contributed by atoms with E-state index in [-0.39, 0.29) is 6.04 Å². The summed E-state index contributed by atoms with van der Waals surface area (Å²) in [6.07, 6.45) is 5.89. The van der Waals surface area contributed by atoms with Crippen molar-refractivity contribution in [1.29, 1.82) is 0 Å². The number of nitrogens with two attached hydrogens (primary N) is 1. The highest BCUT2D eigenvalue weighted by molar-refractivity contribution is 5.29. The number of aliphatic hydroxyl groups is 1. The van der Waals surface area contributed by atoms with Gasteiger partial charge in [-0.05, 0) is 37.0 Å². The summed E-state index contributed by atoms with van der Waals surface area (Å²) in [6.45, 7) is 0. The van der Waals surface area contributed by atoms with Crippen LogP contribution in [0.1, 0.15) is 50.1 Å². The van der Waals surface area contributed by atoms with Gasteiger partial charge in [0.1, 0.15) is 5.75 Å². The molecule has 0 radical (unpaired) electrons. The molecule has 100 valence electrons. The number of rotatable bonds is 4. The predicted molar refractivity (Wildman–Crippen MR) is 72.6 cm³/mol. The third-order valence-electron chi connectivity index (χ3n) is 3.93. The molecule has 3 nitrogen and oxygen atoms in total. The third kappa shape index (κ3) is 3.24. The van der Waals surface area contributed by atoms with Crippen molar-refractivity contribution in [2.45, 2.75) is 50.2 Å². The van der Waals surface area contributed by atoms with E-state index in [0.29, 0.717) is 6.42 Å². The molecule has 1 aromatic carbocycles. The Kier molecular flexibility index (Phi) is 4.25. The van der Waals surface area contributed by atoms with E-state index in [4.69, 9.17) is 10.5 Å². The Bertz CT molecular complexity index is 369. The van der Waals surface area contributed by atoms with Gasteiger partial charge in [-0.25, -0.2) is 0 Å². The Labute approximate surface area is 109 Å². The summed E-state index contributed by atoms with van der Waals surface area (Å²) in [5.74, 6) is 0.835. The molecule has 3 heteroatoms. The second-order valence-electron chi connectivity index (χ2n) is 5.37. The van der Waals surface area contributed by atoms with E-state index >= 15 is 0 Å². The van der Waals surface area contributed by atoms with Gasteiger partial charge in [-0.15, -0.1) is 0 Å². The average molecular weight is 249 g/mol. The van der Waals surface area contributed by atoms with Gasteiger partial charge in [0.15, 0.2) is 0 Å². The molecular formula is C15H23NO2. The van der Waals surface area contributed by atoms with Gasteiger partial charge in [-0.2, -0.15) is 0 Å². The molecule has 0 spiro atoms. The maximum absolute atomic E-state index is 10.5. The third-order valence-corrected chi connectivity index (χ3v) is 3.93. The van der Waals surface area contributed by atoms with Crippen molar-refractivity contribution in [3.8, 4) is 5.75 Å². The fraction of sp³-hybridized carbons (Fsp3) is 0.600. The Hall–Kier alpha value is -1.06. The van der Waals surface area contributed by atoms with E-state index in [9.17, 15) is 5.11 Å². The zero-order valence-electron chi connectivity index (χ0n) is 11.1. The fourth-order valence-corrected chi connectivity index (χ4v) is 2.79. The highest BCUT2D eigenvalue weighted by Gasteiger charge is 2.31. The van der Waals surface area contributed by atoms with Gasteiger partial charge < -0.3 is 15.6 Å². The fourth-order valence-electron chi connectivity index (χ4n) is 2.79. The minimum absolute atomic E-state index is 0.0981. The molecule has 3 N–H and O–H groups in total. The average Bonchev–Trinajstić information content (AvgIpc) is 2.39. The van der Waals surface area contributed by atoms with Crippen LogP contribution in [0.5, 0.6) is 5.75 Å². The van der Waals surface area contributed by atoms with Crippen molar-refractivity contribution >= 4 is 0 Å². The molecule has 2 rings (SSSR count). The summed E-state index contributed by atoms with van der Waals surface area (Å²) in [6, 6.07) is 7.70. The predicted octanol–water partition coefficient (Wildman–Crippen LogP) is 2.78. The quantitative estimate of drug-likeness (QED) is 0.862. The second-order valence-corrected chi connectivity index (χ2v) is 5.37. The van der Waals surface area contributed by atoms with Gasteiger partial charge in [0, 0.05) is 6.04 Å². The maximum atomic E-state index is 10.5. The SMILES string of the molecule is COc1ccc([C@@H](N)CC2(O)CCCCC2)cc1. The monoisotopic (exact) mass is 249 g/mol. The van der Waals surface area contributed by atoms with Crippen LogP contribution in [0, 0.1) is 0 Å². The lowest BCUT2D eigenvalue weighted by Gasteiger charge is -2.34. The van der Waals surface area contributed by atoms with E-state index in [1.54, 1.807) is 7.11 Å². The lowest BCUT2D eigenvalue weighted by atomic mass is 9.79. The number of methoxy groups -OCH3 is 1. The van der Waals surface area contributed by atoms with Gasteiger partial charge in [0.05, 0.1) is 12.7 Å². The molecule has 18 heavy (non-hydrogen) atoms. The zero-order chi connectivity index (χ0) is 13.0. The Morgan fingerprint density at radius 1 is 1.22 bits per heavy atom. The normalized spacial score (nSPS) is 20.4. The number of hydrogen-bond donors (Lipinski definition) is 2. The van der Waals surface area contributed by atoms with Gasteiger partial charge >= 0.3 is 0 Å². The molecule has 0 unspecified atom stereocenters. The molecule has 0 amide bonds. The van der Waals surface area contributed by atoms with Crippen LogP contribution in [-0.2, 0) is 0 Å². The molecule has 0 saturated heterocycles.